The molecule has 0 atom stereocenters. The summed E-state index contributed by atoms with van der Waals surface area (Å²) in [5.74, 6) is 0. The van der Waals surface area contributed by atoms with E-state index >= 15 is 0 Å². The molecule has 0 nitrogen and oxygen atoms in total. The van der Waals surface area contributed by atoms with Gasteiger partial charge in [-0.3, -0.25) is 0 Å². The van der Waals surface area contributed by atoms with E-state index in [1.54, 1.807) is 22.3 Å². The summed E-state index contributed by atoms with van der Waals surface area (Å²) < 4.78 is 0.448. The number of hydrogen-bond donors (Lipinski definition) is 0. The Labute approximate surface area is 233 Å². The van der Waals surface area contributed by atoms with Crippen molar-refractivity contribution in [3.8, 4) is 22.3 Å². The Morgan fingerprint density at radius 1 is 0.457 bits per heavy atom. The predicted molar refractivity (Wildman–Crippen MR) is 135 cm³/mol. The molecule has 6 rings (SSSR count). The van der Waals surface area contributed by atoms with Gasteiger partial charge >= 0.3 is 210 Å². The van der Waals surface area contributed by atoms with E-state index in [0.29, 0.717) is 0 Å². The van der Waals surface area contributed by atoms with Crippen LogP contribution < -0.4 is 24.8 Å². The second-order valence-corrected chi connectivity index (χ2v) is 16.6. The van der Waals surface area contributed by atoms with E-state index in [-0.39, 0.29) is 31.2 Å². The van der Waals surface area contributed by atoms with Gasteiger partial charge in [0.1, 0.15) is 0 Å². The Morgan fingerprint density at radius 2 is 0.714 bits per heavy atom. The number of benzene rings is 4. The first-order valence-electron chi connectivity index (χ1n) is 12.4. The first kappa shape index (κ1) is 26.4. The van der Waals surface area contributed by atoms with Gasteiger partial charge in [0.15, 0.2) is 0 Å². The second-order valence-electron chi connectivity index (χ2n) is 9.62. The molecule has 0 saturated heterocycles. The molecule has 0 amide bonds. The fourth-order valence-electron chi connectivity index (χ4n) is 6.70. The van der Waals surface area contributed by atoms with Crippen LogP contribution in [0.3, 0.4) is 0 Å². The Bertz CT molecular complexity index is 1150. The molecule has 4 aromatic rings. The average Bonchev–Trinajstić information content (AvgIpc) is 3.29. The van der Waals surface area contributed by atoms with Crippen molar-refractivity contribution in [2.75, 3.05) is 0 Å². The molecule has 4 aromatic carbocycles. The first-order valence-corrected chi connectivity index (χ1v) is 16.0. The van der Waals surface area contributed by atoms with Crippen LogP contribution in [0.25, 0.3) is 22.3 Å². The van der Waals surface area contributed by atoms with Crippen LogP contribution >= 0.6 is 0 Å². The van der Waals surface area contributed by atoms with Crippen molar-refractivity contribution in [1.82, 2.24) is 0 Å². The van der Waals surface area contributed by atoms with Crippen molar-refractivity contribution in [1.29, 1.82) is 0 Å². The van der Waals surface area contributed by atoms with Crippen molar-refractivity contribution in [3.63, 3.8) is 0 Å². The van der Waals surface area contributed by atoms with Gasteiger partial charge < -0.3 is 24.8 Å². The van der Waals surface area contributed by atoms with Crippen LogP contribution in [0.2, 0.25) is 0 Å². The summed E-state index contributed by atoms with van der Waals surface area (Å²) in [6.07, 6.45) is 4.97. The molecule has 0 heterocycles. The topological polar surface area (TPSA) is 0 Å². The molecule has 176 valence electrons. The van der Waals surface area contributed by atoms with E-state index in [1.165, 1.54) is 47.9 Å². The number of hydrogen-bond acceptors (Lipinski definition) is 0. The van der Waals surface area contributed by atoms with E-state index in [4.69, 9.17) is 0 Å². The normalized spacial score (nSPS) is 14.9. The molecule has 0 fully saturated rings. The number of rotatable bonds is 6. The minimum absolute atomic E-state index is 0. The van der Waals surface area contributed by atoms with Crippen LogP contribution in [0, 0.1) is 0 Å². The molecule has 2 aliphatic carbocycles. The molecule has 0 aromatic heterocycles. The Morgan fingerprint density at radius 3 is 0.971 bits per heavy atom. The summed E-state index contributed by atoms with van der Waals surface area (Å²) in [5.41, 5.74) is 12.4. The Kier molecular flexibility index (Phi) is 7.82. The molecule has 0 unspecified atom stereocenters. The van der Waals surface area contributed by atoms with Crippen LogP contribution in [0.1, 0.15) is 61.8 Å². The molecule has 2 aliphatic rings. The molecule has 0 saturated carbocycles. The van der Waals surface area contributed by atoms with Crippen molar-refractivity contribution >= 4 is 0 Å². The van der Waals surface area contributed by atoms with Crippen molar-refractivity contribution < 1.29 is 47.7 Å². The van der Waals surface area contributed by atoms with Gasteiger partial charge in [-0.1, -0.05) is 0 Å². The molecule has 3 heteroatoms. The minimum Gasteiger partial charge on any atom is -1.00 e. The summed E-state index contributed by atoms with van der Waals surface area (Å²) >= 11 is -1.44. The third kappa shape index (κ3) is 3.81. The fraction of sp³-hybridized carbons (Fsp3) is 0.250. The van der Waals surface area contributed by atoms with Crippen molar-refractivity contribution in [2.45, 2.75) is 45.9 Å². The maximum atomic E-state index is 2.46. The maximum absolute atomic E-state index is 2.46. The third-order valence-corrected chi connectivity index (χ3v) is 16.5. The summed E-state index contributed by atoms with van der Waals surface area (Å²) in [7, 11) is 0. The summed E-state index contributed by atoms with van der Waals surface area (Å²) in [4.78, 5) is 0. The zero-order valence-electron chi connectivity index (χ0n) is 20.3. The van der Waals surface area contributed by atoms with E-state index in [1.807, 2.05) is 0 Å². The molecular weight excluding hydrogens is 634 g/mol. The fourth-order valence-corrected chi connectivity index (χ4v) is 17.1. The van der Waals surface area contributed by atoms with Gasteiger partial charge in [0.05, 0.1) is 0 Å². The largest absolute Gasteiger partial charge is 1.00 e. The van der Waals surface area contributed by atoms with Crippen LogP contribution in [-0.2, 0) is 29.2 Å². The SMILES string of the molecule is CCC[C]1([Hf+2][C]2(CCC)c3ccccc3-c3ccccc32)c2ccccc2-c2ccccc21.[Cl-].[Cl-]. The average molecular weight is 664 g/mol. The first-order chi connectivity index (χ1) is 16.2. The molecule has 0 radical (unpaired) electrons. The Balaban J connectivity index is 0.00000144. The zero-order chi connectivity index (χ0) is 22.5. The predicted octanol–water partition coefficient (Wildman–Crippen LogP) is 2.53. The number of fused-ring (bicyclic) bond motifs is 6. The van der Waals surface area contributed by atoms with Gasteiger partial charge in [-0.05, 0) is 0 Å². The van der Waals surface area contributed by atoms with Crippen LogP contribution in [0.5, 0.6) is 0 Å². The van der Waals surface area contributed by atoms with E-state index < -0.39 is 22.9 Å². The summed E-state index contributed by atoms with van der Waals surface area (Å²) in [6.45, 7) is 4.77. The van der Waals surface area contributed by atoms with Gasteiger partial charge in [-0.2, -0.15) is 0 Å². The van der Waals surface area contributed by atoms with Gasteiger partial charge in [-0.25, -0.2) is 0 Å². The number of halogens is 2. The van der Waals surface area contributed by atoms with E-state index in [0.717, 1.165) is 0 Å². The van der Waals surface area contributed by atoms with Crippen molar-refractivity contribution in [2.24, 2.45) is 0 Å². The molecule has 0 N–H and O–H groups in total. The maximum Gasteiger partial charge on any atom is -1.00 e. The smallest absolute Gasteiger partial charge is 1.00 e. The van der Waals surface area contributed by atoms with Crippen LogP contribution in [0.4, 0.5) is 0 Å². The van der Waals surface area contributed by atoms with Crippen LogP contribution in [0.15, 0.2) is 97.1 Å². The molecule has 0 aliphatic heterocycles. The van der Waals surface area contributed by atoms with E-state index in [2.05, 4.69) is 111 Å². The summed E-state index contributed by atoms with van der Waals surface area (Å²) in [5, 5.41) is 0. The molecule has 0 bridgehead atoms. The molecular formula is C32H30Cl2Hf. The van der Waals surface area contributed by atoms with E-state index in [9.17, 15) is 0 Å². The minimum atomic E-state index is -1.44. The van der Waals surface area contributed by atoms with Gasteiger partial charge in [0, 0.05) is 0 Å². The van der Waals surface area contributed by atoms with Crippen LogP contribution in [-0.4, -0.2) is 0 Å². The quantitative estimate of drug-likeness (QED) is 0.279. The van der Waals surface area contributed by atoms with Crippen molar-refractivity contribution in [3.05, 3.63) is 119 Å². The standard InChI is InChI=1S/2C16H15.2ClH.Hf/c2*1-2-7-12-13-8-3-5-10-15(13)16-11-6-4-9-14(12)16;;;/h2*3-6,8-11H,2,7H2,1H3;2*1H;/q;;;;+2/p-2. The van der Waals surface area contributed by atoms with Gasteiger partial charge in [0.25, 0.3) is 0 Å². The van der Waals surface area contributed by atoms with Gasteiger partial charge in [0.2, 0.25) is 0 Å². The molecule has 0 spiro atoms. The molecule has 35 heavy (non-hydrogen) atoms. The second kappa shape index (κ2) is 10.4. The van der Waals surface area contributed by atoms with Gasteiger partial charge in [-0.15, -0.1) is 0 Å². The monoisotopic (exact) mass is 664 g/mol. The third-order valence-electron chi connectivity index (χ3n) is 7.80. The zero-order valence-corrected chi connectivity index (χ0v) is 25.4. The summed E-state index contributed by atoms with van der Waals surface area (Å²) in [6, 6.07) is 37.4. The Hall–Kier alpha value is -1.67.